The van der Waals surface area contributed by atoms with Crippen molar-refractivity contribution >= 4 is 49.7 Å². The highest BCUT2D eigenvalue weighted by molar-refractivity contribution is 7.91. The third kappa shape index (κ3) is 3.61. The second-order valence-corrected chi connectivity index (χ2v) is 10.6. The van der Waals surface area contributed by atoms with Crippen LogP contribution in [0.3, 0.4) is 0 Å². The van der Waals surface area contributed by atoms with Gasteiger partial charge in [0, 0.05) is 37.2 Å². The minimum atomic E-state index is -3.60. The molecule has 166 valence electrons. The molecule has 0 aliphatic heterocycles. The maximum absolute atomic E-state index is 13.1. The van der Waals surface area contributed by atoms with Crippen molar-refractivity contribution in [2.75, 3.05) is 11.1 Å². The summed E-state index contributed by atoms with van der Waals surface area (Å²) in [6.45, 7) is 3.56. The number of aryl methyl sites for hydroxylation is 2. The monoisotopic (exact) mass is 469 g/mol. The molecule has 0 unspecified atom stereocenters. The Kier molecular flexibility index (Phi) is 4.90. The van der Waals surface area contributed by atoms with E-state index in [-0.39, 0.29) is 10.8 Å². The molecule has 0 atom stereocenters. The minimum Gasteiger partial charge on any atom is -0.360 e. The number of thiocarbonyl (C=S) groups is 1. The molecule has 0 aromatic carbocycles. The van der Waals surface area contributed by atoms with Crippen molar-refractivity contribution in [1.82, 2.24) is 29.2 Å². The van der Waals surface area contributed by atoms with Gasteiger partial charge in [-0.05, 0) is 49.7 Å². The number of hydrogen-bond donors (Lipinski definition) is 2. The van der Waals surface area contributed by atoms with Crippen molar-refractivity contribution in [3.63, 3.8) is 0 Å². The summed E-state index contributed by atoms with van der Waals surface area (Å²) in [5.41, 5.74) is 3.86. The summed E-state index contributed by atoms with van der Waals surface area (Å²) in [5.74, 6) is 0.402. The van der Waals surface area contributed by atoms with Gasteiger partial charge in [0.15, 0.2) is 31.4 Å². The second-order valence-electron chi connectivity index (χ2n) is 8.04. The molecular weight excluding hydrogens is 446 g/mol. The second kappa shape index (κ2) is 7.52. The molecule has 0 radical (unpaired) electrons. The highest BCUT2D eigenvalue weighted by Gasteiger charge is 2.28. The fraction of sp³-hybridized carbons (Fsp3) is 0.333. The largest absolute Gasteiger partial charge is 0.360 e. The van der Waals surface area contributed by atoms with Gasteiger partial charge in [-0.15, -0.1) is 0 Å². The Hall–Kier alpha value is -3.05. The first-order valence-corrected chi connectivity index (χ1v) is 12.4. The van der Waals surface area contributed by atoms with E-state index in [0.717, 1.165) is 24.1 Å². The zero-order chi connectivity index (χ0) is 22.6. The predicted octanol–water partition coefficient (Wildman–Crippen LogP) is 2.83. The molecule has 0 amide bonds. The van der Waals surface area contributed by atoms with Crippen molar-refractivity contribution in [2.45, 2.75) is 37.8 Å². The van der Waals surface area contributed by atoms with Gasteiger partial charge < -0.3 is 15.2 Å². The van der Waals surface area contributed by atoms with Crippen molar-refractivity contribution in [2.24, 2.45) is 7.05 Å². The molecule has 1 saturated carbocycles. The van der Waals surface area contributed by atoms with Gasteiger partial charge in [0.2, 0.25) is 0 Å². The van der Waals surface area contributed by atoms with Crippen LogP contribution < -0.4 is 10.6 Å². The number of rotatable bonds is 5. The van der Waals surface area contributed by atoms with E-state index in [1.54, 1.807) is 40.4 Å². The Morgan fingerprint density at radius 3 is 2.78 bits per heavy atom. The molecule has 4 heterocycles. The zero-order valence-electron chi connectivity index (χ0n) is 18.0. The van der Waals surface area contributed by atoms with Crippen LogP contribution in [0.15, 0.2) is 35.6 Å². The number of nitrogens with zero attached hydrogens (tertiary/aromatic N) is 5. The van der Waals surface area contributed by atoms with E-state index >= 15 is 0 Å². The summed E-state index contributed by atoms with van der Waals surface area (Å²) >= 11 is 5.36. The number of hydrogen-bond acceptors (Lipinski definition) is 6. The van der Waals surface area contributed by atoms with E-state index in [0.29, 0.717) is 39.5 Å². The molecule has 4 aromatic heterocycles. The maximum atomic E-state index is 13.1. The molecule has 4 aromatic rings. The Morgan fingerprint density at radius 1 is 1.28 bits per heavy atom. The van der Waals surface area contributed by atoms with Gasteiger partial charge in [-0.3, -0.25) is 4.40 Å². The highest BCUT2D eigenvalue weighted by Crippen LogP contribution is 2.31. The van der Waals surface area contributed by atoms with Crippen LogP contribution in [0.4, 0.5) is 5.69 Å². The zero-order valence-corrected chi connectivity index (χ0v) is 19.6. The molecule has 11 heteroatoms. The van der Waals surface area contributed by atoms with E-state index in [4.69, 9.17) is 12.2 Å². The minimum absolute atomic E-state index is 0.0511. The van der Waals surface area contributed by atoms with Gasteiger partial charge in [-0.2, -0.15) is 0 Å². The number of imidazole rings is 2. The van der Waals surface area contributed by atoms with E-state index in [2.05, 4.69) is 25.6 Å². The first kappa shape index (κ1) is 20.8. The van der Waals surface area contributed by atoms with Gasteiger partial charge in [0.1, 0.15) is 16.9 Å². The number of nitrogens with one attached hydrogen (secondary N) is 2. The van der Waals surface area contributed by atoms with E-state index in [1.165, 1.54) is 0 Å². The van der Waals surface area contributed by atoms with Crippen molar-refractivity contribution in [1.29, 1.82) is 0 Å². The van der Waals surface area contributed by atoms with Crippen LogP contribution in [-0.2, 0) is 16.9 Å². The number of fused-ring (bicyclic) bond motifs is 2. The van der Waals surface area contributed by atoms with Crippen molar-refractivity contribution < 1.29 is 8.42 Å². The SMILES string of the molecule is CCS(=O)(=O)c1c(-c2nc3cc(C)cnc3n2C)nc2cc(NC(=S)NC3CC3)ccn12. The molecule has 2 N–H and O–H groups in total. The molecule has 0 saturated heterocycles. The highest BCUT2D eigenvalue weighted by atomic mass is 32.2. The quantitative estimate of drug-likeness (QED) is 0.430. The molecule has 9 nitrogen and oxygen atoms in total. The first-order valence-electron chi connectivity index (χ1n) is 10.4. The Bertz CT molecular complexity index is 1480. The average Bonchev–Trinajstić information content (AvgIpc) is 3.38. The molecular formula is C21H23N7O2S2. The molecule has 0 spiro atoms. The third-order valence-electron chi connectivity index (χ3n) is 5.48. The Balaban J connectivity index is 1.66. The first-order chi connectivity index (χ1) is 15.3. The lowest BCUT2D eigenvalue weighted by atomic mass is 10.3. The summed E-state index contributed by atoms with van der Waals surface area (Å²) in [4.78, 5) is 13.8. The van der Waals surface area contributed by atoms with Crippen LogP contribution in [0.1, 0.15) is 25.3 Å². The van der Waals surface area contributed by atoms with E-state index < -0.39 is 9.84 Å². The van der Waals surface area contributed by atoms with E-state index in [1.807, 2.05) is 20.0 Å². The number of anilines is 1. The fourth-order valence-corrected chi connectivity index (χ4v) is 5.09. The van der Waals surface area contributed by atoms with Crippen LogP contribution in [-0.4, -0.2) is 49.2 Å². The maximum Gasteiger partial charge on any atom is 0.196 e. The van der Waals surface area contributed by atoms with Gasteiger partial charge >= 0.3 is 0 Å². The van der Waals surface area contributed by atoms with Gasteiger partial charge in [-0.25, -0.2) is 23.4 Å². The van der Waals surface area contributed by atoms with Gasteiger partial charge in [-0.1, -0.05) is 6.92 Å². The topological polar surface area (TPSA) is 106 Å². The number of pyridine rings is 2. The molecule has 0 bridgehead atoms. The van der Waals surface area contributed by atoms with Gasteiger partial charge in [0.05, 0.1) is 5.75 Å². The number of aromatic nitrogens is 5. The van der Waals surface area contributed by atoms with Crippen molar-refractivity contribution in [3.8, 4) is 11.5 Å². The molecule has 1 aliphatic rings. The molecule has 32 heavy (non-hydrogen) atoms. The average molecular weight is 470 g/mol. The summed E-state index contributed by atoms with van der Waals surface area (Å²) in [7, 11) is -1.78. The van der Waals surface area contributed by atoms with Crippen LogP contribution in [0.25, 0.3) is 28.3 Å². The van der Waals surface area contributed by atoms with Crippen LogP contribution in [0.5, 0.6) is 0 Å². The summed E-state index contributed by atoms with van der Waals surface area (Å²) in [6.07, 6.45) is 5.70. The Morgan fingerprint density at radius 2 is 2.06 bits per heavy atom. The standard InChI is InChI=1S/C21H23N7O2S2/c1-4-32(29,30)20-17(19-25-15-9-12(2)11-22-18(15)27(19)3)26-16-10-14(7-8-28(16)20)24-21(31)23-13-5-6-13/h7-11,13H,4-6H2,1-3H3,(H2,23,24,31). The normalized spacial score (nSPS) is 14.2. The van der Waals surface area contributed by atoms with Crippen LogP contribution >= 0.6 is 12.2 Å². The van der Waals surface area contributed by atoms with E-state index in [9.17, 15) is 8.42 Å². The van der Waals surface area contributed by atoms with Gasteiger partial charge in [0.25, 0.3) is 0 Å². The fourth-order valence-electron chi connectivity index (χ4n) is 3.65. The lowest BCUT2D eigenvalue weighted by Crippen LogP contribution is -2.30. The summed E-state index contributed by atoms with van der Waals surface area (Å²) < 4.78 is 29.5. The predicted molar refractivity (Wildman–Crippen MR) is 128 cm³/mol. The smallest absolute Gasteiger partial charge is 0.196 e. The number of sulfone groups is 1. The Labute approximate surface area is 190 Å². The van der Waals surface area contributed by atoms with Crippen LogP contribution in [0, 0.1) is 6.92 Å². The summed E-state index contributed by atoms with van der Waals surface area (Å²) in [6, 6.07) is 5.93. The summed E-state index contributed by atoms with van der Waals surface area (Å²) in [5, 5.41) is 7.05. The molecule has 1 aliphatic carbocycles. The van der Waals surface area contributed by atoms with Crippen LogP contribution in [0.2, 0.25) is 0 Å². The molecule has 1 fully saturated rings. The third-order valence-corrected chi connectivity index (χ3v) is 7.44. The van der Waals surface area contributed by atoms with Crippen molar-refractivity contribution in [3.05, 3.63) is 36.2 Å². The lowest BCUT2D eigenvalue weighted by molar-refractivity contribution is 0.592. The molecule has 5 rings (SSSR count). The lowest BCUT2D eigenvalue weighted by Gasteiger charge is -2.10.